The Labute approximate surface area is 272 Å². The van der Waals surface area contributed by atoms with Crippen LogP contribution in [0.25, 0.3) is 10.8 Å². The zero-order valence-electron chi connectivity index (χ0n) is 24.1. The molecule has 5 aromatic rings. The van der Waals surface area contributed by atoms with Gasteiger partial charge in [-0.1, -0.05) is 66.7 Å². The van der Waals surface area contributed by atoms with E-state index in [4.69, 9.17) is 16.3 Å². The smallest absolute Gasteiger partial charge is 0.345 e. The number of para-hydroxylation sites is 2. The molecule has 0 radical (unpaired) electrons. The van der Waals surface area contributed by atoms with Crippen molar-refractivity contribution in [2.45, 2.75) is 33.9 Å². The standard InChI is InChI=1S/C35H26ClN3O6S/c36-32-30(46-29-14-4-3-13-28(29)39(43)44)19-27-31(32)25-11-6-12-26(34(25)37-33(27)22-9-5-10-23(17-22)38(41)42)35(40)45-24-16-15-20-7-1-2-8-21(20)18-24/h1-18,27,30-33,37H,19H2/t27-,30+,31-,32+,33-/m1/s1. The van der Waals surface area contributed by atoms with Gasteiger partial charge in [0.1, 0.15) is 5.75 Å². The molecule has 0 unspecified atom stereocenters. The lowest BCUT2D eigenvalue weighted by Crippen LogP contribution is -2.32. The summed E-state index contributed by atoms with van der Waals surface area (Å²) in [6.07, 6.45) is 0.584. The molecule has 5 atom stereocenters. The summed E-state index contributed by atoms with van der Waals surface area (Å²) in [5, 5.41) is 28.3. The number of ether oxygens (including phenoxy) is 1. The van der Waals surface area contributed by atoms with Crippen molar-refractivity contribution in [2.75, 3.05) is 5.32 Å². The molecule has 11 heteroatoms. The number of fused-ring (bicyclic) bond motifs is 4. The van der Waals surface area contributed by atoms with Crippen LogP contribution in [0, 0.1) is 26.1 Å². The van der Waals surface area contributed by atoms with Gasteiger partial charge in [-0.3, -0.25) is 20.2 Å². The summed E-state index contributed by atoms with van der Waals surface area (Å²) in [6.45, 7) is 0. The van der Waals surface area contributed by atoms with Gasteiger partial charge in [-0.05, 0) is 58.5 Å². The predicted molar refractivity (Wildman–Crippen MR) is 178 cm³/mol. The Morgan fingerprint density at radius 2 is 1.61 bits per heavy atom. The van der Waals surface area contributed by atoms with Crippen molar-refractivity contribution in [1.82, 2.24) is 0 Å². The summed E-state index contributed by atoms with van der Waals surface area (Å²) in [4.78, 5) is 36.9. The second-order valence-corrected chi connectivity index (χ2v) is 13.2. The third-order valence-electron chi connectivity index (χ3n) is 8.78. The molecule has 9 nitrogen and oxygen atoms in total. The van der Waals surface area contributed by atoms with Gasteiger partial charge in [0.2, 0.25) is 0 Å². The molecule has 0 amide bonds. The lowest BCUT2D eigenvalue weighted by molar-refractivity contribution is -0.387. The van der Waals surface area contributed by atoms with Crippen molar-refractivity contribution in [3.05, 3.63) is 146 Å². The van der Waals surface area contributed by atoms with Crippen LogP contribution in [0.3, 0.4) is 0 Å². The number of halogens is 1. The Kier molecular flexibility index (Phi) is 7.84. The fourth-order valence-corrected chi connectivity index (χ4v) is 8.68. The number of alkyl halides is 1. The Balaban J connectivity index is 1.28. The Hall–Kier alpha value is -4.93. The molecule has 230 valence electrons. The van der Waals surface area contributed by atoms with Crippen LogP contribution in [0.4, 0.5) is 17.1 Å². The number of anilines is 1. The van der Waals surface area contributed by atoms with E-state index in [1.54, 1.807) is 48.5 Å². The first kappa shape index (κ1) is 29.8. The average Bonchev–Trinajstić information content (AvgIpc) is 3.39. The molecule has 0 aromatic heterocycles. The number of nitrogens with zero attached hydrogens (tertiary/aromatic N) is 2. The van der Waals surface area contributed by atoms with E-state index >= 15 is 0 Å². The Morgan fingerprint density at radius 1 is 0.848 bits per heavy atom. The number of nitro benzene ring substituents is 2. The number of esters is 1. The van der Waals surface area contributed by atoms with Crippen molar-refractivity contribution in [3.8, 4) is 5.75 Å². The zero-order chi connectivity index (χ0) is 31.9. The van der Waals surface area contributed by atoms with Gasteiger partial charge in [-0.2, -0.15) is 0 Å². The molecule has 1 heterocycles. The number of rotatable bonds is 7. The van der Waals surface area contributed by atoms with E-state index in [0.717, 1.165) is 16.3 Å². The Bertz CT molecular complexity index is 2020. The van der Waals surface area contributed by atoms with E-state index in [1.807, 2.05) is 48.5 Å². The van der Waals surface area contributed by atoms with Crippen LogP contribution in [0.2, 0.25) is 0 Å². The first-order chi connectivity index (χ1) is 22.3. The number of nitro groups is 2. The molecular weight excluding hydrogens is 626 g/mol. The number of carbonyl (C=O) groups excluding carboxylic acids is 1. The molecule has 1 saturated carbocycles. The van der Waals surface area contributed by atoms with Gasteiger partial charge in [-0.25, -0.2) is 4.79 Å². The molecule has 1 aliphatic carbocycles. The number of carbonyl (C=O) groups is 1. The van der Waals surface area contributed by atoms with E-state index in [9.17, 15) is 25.0 Å². The van der Waals surface area contributed by atoms with Crippen LogP contribution in [0.5, 0.6) is 5.75 Å². The SMILES string of the molecule is O=C(Oc1ccc2ccccc2c1)c1cccc2c1N[C@H](c1cccc([N+](=O)[O-])c1)[C@@H]1C[C@H](Sc3ccccc3[N+](=O)[O-])[C@H](Cl)[C@H]21. The lowest BCUT2D eigenvalue weighted by Gasteiger charge is -2.39. The molecule has 1 aliphatic heterocycles. The van der Waals surface area contributed by atoms with Crippen LogP contribution >= 0.6 is 23.4 Å². The highest BCUT2D eigenvalue weighted by molar-refractivity contribution is 8.00. The quantitative estimate of drug-likeness (QED) is 0.0608. The number of nitrogens with one attached hydrogen (secondary N) is 1. The second-order valence-electron chi connectivity index (χ2n) is 11.4. The van der Waals surface area contributed by atoms with E-state index < -0.39 is 27.2 Å². The molecule has 7 rings (SSSR count). The monoisotopic (exact) mass is 651 g/mol. The summed E-state index contributed by atoms with van der Waals surface area (Å²) in [5.41, 5.74) is 2.37. The third-order valence-corrected chi connectivity index (χ3v) is 10.9. The number of hydrogen-bond acceptors (Lipinski definition) is 8. The van der Waals surface area contributed by atoms with Crippen LogP contribution < -0.4 is 10.1 Å². The number of non-ortho nitro benzene ring substituents is 1. The van der Waals surface area contributed by atoms with Crippen LogP contribution in [-0.4, -0.2) is 26.4 Å². The minimum Gasteiger partial charge on any atom is -0.423 e. The van der Waals surface area contributed by atoms with Gasteiger partial charge in [0.25, 0.3) is 11.4 Å². The van der Waals surface area contributed by atoms with Crippen molar-refractivity contribution in [1.29, 1.82) is 0 Å². The zero-order valence-corrected chi connectivity index (χ0v) is 25.7. The number of hydrogen-bond donors (Lipinski definition) is 1. The van der Waals surface area contributed by atoms with Gasteiger partial charge >= 0.3 is 5.97 Å². The molecule has 5 aromatic carbocycles. The largest absolute Gasteiger partial charge is 0.423 e. The van der Waals surface area contributed by atoms with Crippen molar-refractivity contribution in [2.24, 2.45) is 5.92 Å². The first-order valence-corrected chi connectivity index (χ1v) is 16.0. The second kappa shape index (κ2) is 12.1. The molecule has 1 N–H and O–H groups in total. The van der Waals surface area contributed by atoms with Crippen LogP contribution in [0.1, 0.15) is 39.9 Å². The molecular formula is C35H26ClN3O6S. The summed E-state index contributed by atoms with van der Waals surface area (Å²) in [5.74, 6) is -0.520. The van der Waals surface area contributed by atoms with Gasteiger partial charge in [-0.15, -0.1) is 23.4 Å². The summed E-state index contributed by atoms with van der Waals surface area (Å²) in [7, 11) is 0. The van der Waals surface area contributed by atoms with E-state index in [-0.39, 0.29) is 28.5 Å². The molecule has 0 spiro atoms. The average molecular weight is 652 g/mol. The van der Waals surface area contributed by atoms with E-state index in [2.05, 4.69) is 5.32 Å². The van der Waals surface area contributed by atoms with Gasteiger partial charge < -0.3 is 10.1 Å². The molecule has 2 aliphatic rings. The Morgan fingerprint density at radius 3 is 2.41 bits per heavy atom. The normalized spacial score (nSPS) is 21.5. The minimum absolute atomic E-state index is 0.0127. The topological polar surface area (TPSA) is 125 Å². The summed E-state index contributed by atoms with van der Waals surface area (Å²) in [6, 6.07) is 31.3. The molecule has 0 bridgehead atoms. The number of thioether (sulfide) groups is 1. The highest BCUT2D eigenvalue weighted by atomic mass is 35.5. The highest BCUT2D eigenvalue weighted by Crippen LogP contribution is 2.58. The summed E-state index contributed by atoms with van der Waals surface area (Å²) < 4.78 is 5.87. The third kappa shape index (κ3) is 5.44. The van der Waals surface area contributed by atoms with Gasteiger partial charge in [0.05, 0.1) is 37.4 Å². The lowest BCUT2D eigenvalue weighted by atomic mass is 9.76. The fourth-order valence-electron chi connectivity index (χ4n) is 6.74. The van der Waals surface area contributed by atoms with Gasteiger partial charge in [0, 0.05) is 29.4 Å². The maximum absolute atomic E-state index is 13.7. The summed E-state index contributed by atoms with van der Waals surface area (Å²) >= 11 is 8.64. The van der Waals surface area contributed by atoms with Crippen molar-refractivity contribution >= 4 is 57.2 Å². The molecule has 0 saturated heterocycles. The van der Waals surface area contributed by atoms with Crippen molar-refractivity contribution < 1.29 is 19.4 Å². The highest BCUT2D eigenvalue weighted by Gasteiger charge is 2.51. The maximum atomic E-state index is 13.7. The fraction of sp³-hybridized carbons (Fsp3) is 0.171. The van der Waals surface area contributed by atoms with E-state index in [1.165, 1.54) is 23.9 Å². The molecule has 1 fully saturated rings. The van der Waals surface area contributed by atoms with Gasteiger partial charge in [0.15, 0.2) is 0 Å². The van der Waals surface area contributed by atoms with E-state index in [0.29, 0.717) is 33.9 Å². The maximum Gasteiger partial charge on any atom is 0.345 e. The van der Waals surface area contributed by atoms with Crippen LogP contribution in [0.15, 0.2) is 114 Å². The molecule has 46 heavy (non-hydrogen) atoms. The van der Waals surface area contributed by atoms with Crippen molar-refractivity contribution in [3.63, 3.8) is 0 Å². The first-order valence-electron chi connectivity index (χ1n) is 14.7. The predicted octanol–water partition coefficient (Wildman–Crippen LogP) is 8.91. The van der Waals surface area contributed by atoms with Crippen LogP contribution in [-0.2, 0) is 0 Å². The number of benzene rings is 5. The minimum atomic E-state index is -0.550.